The normalized spacial score (nSPS) is 16.4. The molecule has 0 bridgehead atoms. The molecular weight excluding hydrogens is 779 g/mol. The summed E-state index contributed by atoms with van der Waals surface area (Å²) in [4.78, 5) is 7.49. The Morgan fingerprint density at radius 3 is 1.44 bits per heavy atom. The number of anilines is 2. The Hall–Kier alpha value is -1.85. The van der Waals surface area contributed by atoms with Crippen LogP contribution in [0.15, 0.2) is 42.5 Å². The summed E-state index contributed by atoms with van der Waals surface area (Å²) in [5.74, 6) is 0. The quantitative estimate of drug-likeness (QED) is 0.217. The van der Waals surface area contributed by atoms with Crippen molar-refractivity contribution in [3.8, 4) is 0 Å². The molecule has 0 aromatic heterocycles. The minimum atomic E-state index is -4.48. The number of rotatable bonds is 6. The van der Waals surface area contributed by atoms with E-state index < -0.39 is 35.7 Å². The monoisotopic (exact) mass is 822 g/mol. The molecule has 254 valence electrons. The van der Waals surface area contributed by atoms with Crippen LogP contribution in [0.2, 0.25) is 0 Å². The van der Waals surface area contributed by atoms with Gasteiger partial charge in [0.2, 0.25) is 0 Å². The van der Waals surface area contributed by atoms with Crippen molar-refractivity contribution in [2.75, 3.05) is 37.8 Å². The molecule has 0 spiro atoms. The number of nitrogens with zero attached hydrogens (tertiary/aromatic N) is 4. The van der Waals surface area contributed by atoms with Crippen molar-refractivity contribution in [1.29, 1.82) is 0 Å². The van der Waals surface area contributed by atoms with E-state index in [1.807, 2.05) is 108 Å². The molecule has 1 fully saturated rings. The van der Waals surface area contributed by atoms with Crippen LogP contribution in [0.1, 0.15) is 59.1 Å². The topological polar surface area (TPSA) is 53.4 Å². The SMILES string of the molecule is CC(C)(C)C(O)CC(O)C(C)(C)C.CN(C)B1B(N(C)C)N(c2ccc(C(F)(F)F)cc2)[C](=[Pt])N1c1[c-]cc(C(F)(F)F)cc1. The van der Waals surface area contributed by atoms with Gasteiger partial charge in [0.05, 0.1) is 12.2 Å². The third-order valence-corrected chi connectivity index (χ3v) is 8.62. The molecule has 15 heteroatoms. The zero-order chi connectivity index (χ0) is 34.9. The van der Waals surface area contributed by atoms with Crippen LogP contribution in [0.3, 0.4) is 0 Å². The second-order valence-electron chi connectivity index (χ2n) is 13.7. The molecule has 1 aliphatic rings. The number of aliphatic hydroxyl groups is 2. The van der Waals surface area contributed by atoms with Crippen LogP contribution in [0.25, 0.3) is 0 Å². The van der Waals surface area contributed by atoms with Gasteiger partial charge in [-0.3, -0.25) is 0 Å². The van der Waals surface area contributed by atoms with Gasteiger partial charge in [-0.1, -0.05) is 41.5 Å². The van der Waals surface area contributed by atoms with Crippen molar-refractivity contribution in [3.05, 3.63) is 59.7 Å². The molecule has 2 N–H and O–H groups in total. The minimum absolute atomic E-state index is 0.147. The summed E-state index contributed by atoms with van der Waals surface area (Å²) in [5.41, 5.74) is -0.903. The van der Waals surface area contributed by atoms with E-state index in [1.54, 1.807) is 0 Å². The second-order valence-corrected chi connectivity index (χ2v) is 14.8. The maximum atomic E-state index is 13.0. The molecule has 6 nitrogen and oxygen atoms in total. The van der Waals surface area contributed by atoms with E-state index in [0.29, 0.717) is 21.9 Å². The van der Waals surface area contributed by atoms with Gasteiger partial charge < -0.3 is 10.2 Å². The zero-order valence-corrected chi connectivity index (χ0v) is 29.6. The molecule has 1 saturated heterocycles. The maximum absolute atomic E-state index is 13.0. The van der Waals surface area contributed by atoms with Crippen molar-refractivity contribution in [3.63, 3.8) is 0 Å². The molecule has 2 aromatic carbocycles. The van der Waals surface area contributed by atoms with E-state index in [4.69, 9.17) is 0 Å². The predicted molar refractivity (Wildman–Crippen MR) is 166 cm³/mol. The van der Waals surface area contributed by atoms with E-state index in [-0.39, 0.29) is 24.6 Å². The summed E-state index contributed by atoms with van der Waals surface area (Å²) >= 11 is 2.04. The van der Waals surface area contributed by atoms with E-state index in [0.717, 1.165) is 24.3 Å². The summed E-state index contributed by atoms with van der Waals surface area (Å²) in [7, 11) is 7.34. The van der Waals surface area contributed by atoms with Crippen molar-refractivity contribution < 1.29 is 55.9 Å². The van der Waals surface area contributed by atoms with Gasteiger partial charge in [0.1, 0.15) is 0 Å². The van der Waals surface area contributed by atoms with E-state index >= 15 is 0 Å². The Morgan fingerprint density at radius 2 is 1.11 bits per heavy atom. The second kappa shape index (κ2) is 14.5. The van der Waals surface area contributed by atoms with Gasteiger partial charge in [-0.05, 0) is 10.8 Å². The fourth-order valence-electron chi connectivity index (χ4n) is 4.54. The number of halogens is 6. The van der Waals surface area contributed by atoms with Gasteiger partial charge >= 0.3 is 194 Å². The van der Waals surface area contributed by atoms with Crippen LogP contribution in [0.5, 0.6) is 0 Å². The average molecular weight is 822 g/mol. The van der Waals surface area contributed by atoms with E-state index in [9.17, 15) is 36.6 Å². The van der Waals surface area contributed by atoms with Crippen molar-refractivity contribution >= 4 is 29.3 Å². The number of aliphatic hydroxyl groups excluding tert-OH is 2. The van der Waals surface area contributed by atoms with Gasteiger partial charge in [-0.15, -0.1) is 0 Å². The summed E-state index contributed by atoms with van der Waals surface area (Å²) in [6.45, 7) is 11.2. The van der Waals surface area contributed by atoms with Gasteiger partial charge in [0, 0.05) is 6.42 Å². The third kappa shape index (κ3) is 10.1. The molecule has 1 heterocycles. The summed E-state index contributed by atoms with van der Waals surface area (Å²) < 4.78 is 78.7. The van der Waals surface area contributed by atoms with E-state index in [2.05, 4.69) is 6.07 Å². The summed E-state index contributed by atoms with van der Waals surface area (Å²) in [6, 6.07) is 10.8. The van der Waals surface area contributed by atoms with Crippen LogP contribution < -0.4 is 9.62 Å². The Bertz CT molecular complexity index is 1170. The first-order valence-electron chi connectivity index (χ1n) is 14.3. The number of hydrogen-bond acceptors (Lipinski definition) is 6. The molecule has 2 unspecified atom stereocenters. The molecule has 3 rings (SSSR count). The first-order chi connectivity index (χ1) is 20.3. The fraction of sp³-hybridized carbons (Fsp3) is 0.567. The molecule has 0 saturated carbocycles. The number of hydrogen-bond donors (Lipinski definition) is 2. The molecule has 2 aromatic rings. The van der Waals surface area contributed by atoms with E-state index in [1.165, 1.54) is 18.2 Å². The number of alkyl halides is 6. The first kappa shape index (κ1) is 39.3. The Balaban J connectivity index is 0.000000459. The van der Waals surface area contributed by atoms with Gasteiger partial charge in [-0.25, -0.2) is 0 Å². The summed E-state index contributed by atoms with van der Waals surface area (Å²) in [6.07, 6.45) is -9.36. The van der Waals surface area contributed by atoms with Gasteiger partial charge in [-0.2, -0.15) is 0 Å². The Labute approximate surface area is 275 Å². The molecule has 2 atom stereocenters. The molecular formula is C30H43B2F6N4O2Pt-. The number of benzene rings is 2. The van der Waals surface area contributed by atoms with Crippen molar-refractivity contribution in [1.82, 2.24) is 9.62 Å². The Kier molecular flexibility index (Phi) is 12.7. The van der Waals surface area contributed by atoms with Crippen LogP contribution in [0.4, 0.5) is 37.7 Å². The summed E-state index contributed by atoms with van der Waals surface area (Å²) in [5, 5.41) is 19.5. The third-order valence-electron chi connectivity index (χ3n) is 7.52. The van der Waals surface area contributed by atoms with Crippen LogP contribution in [-0.4, -0.2) is 78.1 Å². The van der Waals surface area contributed by atoms with Gasteiger partial charge in [0.25, 0.3) is 0 Å². The molecule has 0 radical (unpaired) electrons. The van der Waals surface area contributed by atoms with Crippen LogP contribution >= 0.6 is 0 Å². The molecule has 0 aliphatic carbocycles. The molecule has 45 heavy (non-hydrogen) atoms. The van der Waals surface area contributed by atoms with Crippen LogP contribution in [-0.2, 0) is 31.7 Å². The van der Waals surface area contributed by atoms with Crippen molar-refractivity contribution in [2.24, 2.45) is 10.8 Å². The van der Waals surface area contributed by atoms with Crippen LogP contribution in [0, 0.1) is 16.9 Å². The molecule has 1 aliphatic heterocycles. The average Bonchev–Trinajstić information content (AvgIpc) is 3.20. The van der Waals surface area contributed by atoms with Crippen molar-refractivity contribution in [2.45, 2.75) is 72.5 Å². The standard InChI is InChI=1S/C19H19B2F6N4.C11H24O2.Pt/c1-28(2)20-21(29(3)4)31(17-11-7-15(8-12-17)19(25,26)27)13-30(20)16-9-5-14(6-10-16)18(22,23)24;1-10(2,3)8(12)7-9(13)11(4,5)6;/h5-11H,1-4H3;8-9,12-13H,7H2,1-6H3;/q-1;;. The first-order valence-corrected chi connectivity index (χ1v) is 15.4. The fourth-order valence-corrected chi connectivity index (χ4v) is 5.71. The van der Waals surface area contributed by atoms with Gasteiger partial charge in [0.15, 0.2) is 0 Å². The molecule has 0 amide bonds. The predicted octanol–water partition coefficient (Wildman–Crippen LogP) is 5.85. The zero-order valence-electron chi connectivity index (χ0n) is 27.3. The Morgan fingerprint density at radius 1 is 0.711 bits per heavy atom.